The molecule has 0 aromatic heterocycles. The van der Waals surface area contributed by atoms with E-state index in [-0.39, 0.29) is 12.3 Å². The number of carbonyl (C=O) groups is 1. The summed E-state index contributed by atoms with van der Waals surface area (Å²) in [6, 6.07) is 14.9. The van der Waals surface area contributed by atoms with E-state index in [4.69, 9.17) is 11.6 Å². The molecule has 0 saturated heterocycles. The third-order valence-electron chi connectivity index (χ3n) is 3.72. The molecule has 2 rings (SSSR count). The number of benzene rings is 2. The molecule has 22 heavy (non-hydrogen) atoms. The Bertz CT molecular complexity index is 640. The largest absolute Gasteiger partial charge is 0.388 e. The van der Waals surface area contributed by atoms with Crippen molar-refractivity contribution in [2.75, 3.05) is 7.05 Å². The lowest BCUT2D eigenvalue weighted by Gasteiger charge is -2.20. The predicted molar refractivity (Wildman–Crippen MR) is 88.7 cm³/mol. The lowest BCUT2D eigenvalue weighted by Crippen LogP contribution is -2.27. The summed E-state index contributed by atoms with van der Waals surface area (Å²) in [7, 11) is 1.75. The van der Waals surface area contributed by atoms with Gasteiger partial charge in [-0.15, -0.1) is 0 Å². The highest BCUT2D eigenvalue weighted by atomic mass is 35.5. The monoisotopic (exact) mass is 317 g/mol. The van der Waals surface area contributed by atoms with Crippen molar-refractivity contribution in [1.82, 2.24) is 4.90 Å². The molecule has 1 unspecified atom stereocenters. The Morgan fingerprint density at radius 3 is 2.45 bits per heavy atom. The molecule has 1 amide bonds. The maximum absolute atomic E-state index is 12.2. The molecule has 0 fully saturated rings. The Labute approximate surface area is 136 Å². The second kappa shape index (κ2) is 7.43. The minimum Gasteiger partial charge on any atom is -0.388 e. The maximum atomic E-state index is 12.2. The zero-order valence-electron chi connectivity index (χ0n) is 12.8. The van der Waals surface area contributed by atoms with Crippen molar-refractivity contribution in [3.8, 4) is 0 Å². The second-order valence-electron chi connectivity index (χ2n) is 5.45. The first kappa shape index (κ1) is 16.5. The van der Waals surface area contributed by atoms with Crippen LogP contribution in [-0.4, -0.2) is 23.0 Å². The molecule has 0 saturated carbocycles. The molecule has 3 nitrogen and oxygen atoms in total. The topological polar surface area (TPSA) is 40.5 Å². The number of hydrogen-bond acceptors (Lipinski definition) is 2. The van der Waals surface area contributed by atoms with Crippen molar-refractivity contribution < 1.29 is 9.90 Å². The van der Waals surface area contributed by atoms with Gasteiger partial charge in [-0.05, 0) is 35.7 Å². The lowest BCUT2D eigenvalue weighted by atomic mass is 10.1. The van der Waals surface area contributed by atoms with E-state index >= 15 is 0 Å². The normalized spacial score (nSPS) is 12.0. The molecule has 1 atom stereocenters. The first-order valence-corrected chi connectivity index (χ1v) is 7.57. The van der Waals surface area contributed by atoms with Crippen LogP contribution in [0.25, 0.3) is 0 Å². The van der Waals surface area contributed by atoms with Gasteiger partial charge in [0.1, 0.15) is 0 Å². The molecule has 2 aromatic carbocycles. The van der Waals surface area contributed by atoms with Crippen molar-refractivity contribution >= 4 is 17.5 Å². The van der Waals surface area contributed by atoms with Crippen molar-refractivity contribution in [3.05, 3.63) is 70.2 Å². The molecular weight excluding hydrogens is 298 g/mol. The van der Waals surface area contributed by atoms with E-state index in [2.05, 4.69) is 0 Å². The minimum atomic E-state index is -0.816. The Morgan fingerprint density at radius 1 is 1.18 bits per heavy atom. The number of amides is 1. The van der Waals surface area contributed by atoms with Crippen LogP contribution in [0.5, 0.6) is 0 Å². The van der Waals surface area contributed by atoms with E-state index in [1.165, 1.54) is 0 Å². The van der Waals surface area contributed by atoms with Crippen LogP contribution in [-0.2, 0) is 11.3 Å². The summed E-state index contributed by atoms with van der Waals surface area (Å²) in [5.41, 5.74) is 2.96. The molecule has 4 heteroatoms. The van der Waals surface area contributed by atoms with Crippen molar-refractivity contribution in [2.45, 2.75) is 26.0 Å². The quantitative estimate of drug-likeness (QED) is 0.912. The number of aliphatic hydroxyl groups is 1. The van der Waals surface area contributed by atoms with E-state index in [0.717, 1.165) is 11.1 Å². The van der Waals surface area contributed by atoms with Crippen LogP contribution in [0.3, 0.4) is 0 Å². The summed E-state index contributed by atoms with van der Waals surface area (Å²) >= 11 is 5.82. The minimum absolute atomic E-state index is 0.0595. The van der Waals surface area contributed by atoms with E-state index in [1.807, 2.05) is 31.2 Å². The van der Waals surface area contributed by atoms with Gasteiger partial charge in [-0.2, -0.15) is 0 Å². The molecule has 0 aliphatic rings. The Kier molecular flexibility index (Phi) is 5.58. The molecule has 0 spiro atoms. The predicted octanol–water partition coefficient (Wildman–Crippen LogP) is 3.73. The number of hydrogen-bond donors (Lipinski definition) is 1. The summed E-state index contributed by atoms with van der Waals surface area (Å²) < 4.78 is 0. The fourth-order valence-electron chi connectivity index (χ4n) is 2.26. The first-order chi connectivity index (χ1) is 10.5. The van der Waals surface area contributed by atoms with E-state index < -0.39 is 6.10 Å². The van der Waals surface area contributed by atoms with Gasteiger partial charge in [-0.1, -0.05) is 48.0 Å². The average molecular weight is 318 g/mol. The number of carbonyl (C=O) groups excluding carboxylic acids is 1. The van der Waals surface area contributed by atoms with Crippen molar-refractivity contribution in [3.63, 3.8) is 0 Å². The van der Waals surface area contributed by atoms with Crippen LogP contribution in [0.1, 0.15) is 29.2 Å². The molecule has 0 aliphatic heterocycles. The van der Waals surface area contributed by atoms with Gasteiger partial charge in [-0.3, -0.25) is 4.79 Å². The summed E-state index contributed by atoms with van der Waals surface area (Å²) in [4.78, 5) is 13.9. The van der Waals surface area contributed by atoms with Crippen LogP contribution >= 0.6 is 11.6 Å². The molecule has 2 aromatic rings. The Morgan fingerprint density at radius 2 is 1.82 bits per heavy atom. The van der Waals surface area contributed by atoms with Crippen molar-refractivity contribution in [2.24, 2.45) is 0 Å². The smallest absolute Gasteiger partial charge is 0.225 e. The third-order valence-corrected chi connectivity index (χ3v) is 3.97. The zero-order chi connectivity index (χ0) is 16.1. The fourth-order valence-corrected chi connectivity index (χ4v) is 2.38. The molecular formula is C18H20ClNO2. The Hall–Kier alpha value is -1.84. The Balaban J connectivity index is 1.96. The van der Waals surface area contributed by atoms with Gasteiger partial charge < -0.3 is 10.0 Å². The highest BCUT2D eigenvalue weighted by Gasteiger charge is 2.17. The fraction of sp³-hybridized carbons (Fsp3) is 0.278. The van der Waals surface area contributed by atoms with Gasteiger partial charge in [0.15, 0.2) is 0 Å². The second-order valence-corrected chi connectivity index (χ2v) is 5.88. The van der Waals surface area contributed by atoms with Gasteiger partial charge >= 0.3 is 0 Å². The van der Waals surface area contributed by atoms with Crippen LogP contribution < -0.4 is 0 Å². The van der Waals surface area contributed by atoms with Gasteiger partial charge in [-0.25, -0.2) is 0 Å². The molecule has 116 valence electrons. The van der Waals surface area contributed by atoms with Crippen LogP contribution in [0.2, 0.25) is 5.02 Å². The molecule has 0 heterocycles. The van der Waals surface area contributed by atoms with Crippen LogP contribution in [0.4, 0.5) is 0 Å². The van der Waals surface area contributed by atoms with E-state index in [0.29, 0.717) is 17.1 Å². The summed E-state index contributed by atoms with van der Waals surface area (Å²) in [5.74, 6) is -0.0919. The molecule has 0 aliphatic carbocycles. The van der Waals surface area contributed by atoms with Gasteiger partial charge in [0.05, 0.1) is 12.5 Å². The molecule has 1 N–H and O–H groups in total. The number of aliphatic hydroxyl groups excluding tert-OH is 1. The molecule has 0 radical (unpaired) electrons. The molecule has 0 bridgehead atoms. The summed E-state index contributed by atoms with van der Waals surface area (Å²) in [5, 5.41) is 10.8. The van der Waals surface area contributed by atoms with E-state index in [1.54, 1.807) is 36.2 Å². The summed E-state index contributed by atoms with van der Waals surface area (Å²) in [6.45, 7) is 2.56. The number of rotatable bonds is 5. The highest BCUT2D eigenvalue weighted by Crippen LogP contribution is 2.20. The van der Waals surface area contributed by atoms with Gasteiger partial charge in [0, 0.05) is 18.6 Å². The van der Waals surface area contributed by atoms with Crippen LogP contribution in [0.15, 0.2) is 48.5 Å². The average Bonchev–Trinajstić information content (AvgIpc) is 2.50. The lowest BCUT2D eigenvalue weighted by molar-refractivity contribution is -0.132. The summed E-state index contributed by atoms with van der Waals surface area (Å²) in [6.07, 6.45) is -0.756. The first-order valence-electron chi connectivity index (χ1n) is 7.19. The highest BCUT2D eigenvalue weighted by molar-refractivity contribution is 6.30. The van der Waals surface area contributed by atoms with Gasteiger partial charge in [0.2, 0.25) is 5.91 Å². The number of halogens is 1. The number of nitrogens with zero attached hydrogens (tertiary/aromatic N) is 1. The third kappa shape index (κ3) is 4.33. The van der Waals surface area contributed by atoms with Gasteiger partial charge in [0.25, 0.3) is 0 Å². The SMILES string of the molecule is Cc1ccccc1CN(C)C(=O)CC(O)c1ccc(Cl)cc1. The maximum Gasteiger partial charge on any atom is 0.225 e. The number of aryl methyl sites for hydroxylation is 1. The van der Waals surface area contributed by atoms with E-state index in [9.17, 15) is 9.90 Å². The van der Waals surface area contributed by atoms with Crippen LogP contribution in [0, 0.1) is 6.92 Å². The van der Waals surface area contributed by atoms with Crippen molar-refractivity contribution in [1.29, 1.82) is 0 Å². The standard InChI is InChI=1S/C18H20ClNO2/c1-13-5-3-4-6-15(13)12-20(2)18(22)11-17(21)14-7-9-16(19)10-8-14/h3-10,17,21H,11-12H2,1-2H3. The zero-order valence-corrected chi connectivity index (χ0v) is 13.5.